The third-order valence-electron chi connectivity index (χ3n) is 5.14. The van der Waals surface area contributed by atoms with Gasteiger partial charge in [-0.2, -0.15) is 0 Å². The maximum atomic E-state index is 15.5. The molecule has 1 aliphatic carbocycles. The first-order chi connectivity index (χ1) is 13.9. The van der Waals surface area contributed by atoms with Gasteiger partial charge in [-0.1, -0.05) is 12.7 Å². The highest BCUT2D eigenvalue weighted by molar-refractivity contribution is 5.86. The lowest BCUT2D eigenvalue weighted by molar-refractivity contribution is 0.109. The lowest BCUT2D eigenvalue weighted by atomic mass is 10.1. The van der Waals surface area contributed by atoms with E-state index in [4.69, 9.17) is 15.2 Å². The van der Waals surface area contributed by atoms with Gasteiger partial charge < -0.3 is 24.7 Å². The highest BCUT2D eigenvalue weighted by Crippen LogP contribution is 2.40. The van der Waals surface area contributed by atoms with E-state index in [1.54, 1.807) is 9.47 Å². The quantitative estimate of drug-likeness (QED) is 0.608. The number of hydrogen-bond donors (Lipinski definition) is 1. The SMILES string of the molecule is C=CCOC(=O)Oc1cn(C2CC2)c2c(F)c(N3CCC(N)C3)c(F)cc2c1=O. The molecule has 4 rings (SSSR count). The molecule has 1 aliphatic heterocycles. The number of rotatable bonds is 5. The Morgan fingerprint density at radius 1 is 1.34 bits per heavy atom. The molecule has 29 heavy (non-hydrogen) atoms. The first-order valence-corrected chi connectivity index (χ1v) is 9.43. The van der Waals surface area contributed by atoms with Crippen LogP contribution in [0.1, 0.15) is 25.3 Å². The number of aromatic nitrogens is 1. The zero-order valence-corrected chi connectivity index (χ0v) is 15.7. The first kappa shape index (κ1) is 19.4. The first-order valence-electron chi connectivity index (χ1n) is 9.43. The van der Waals surface area contributed by atoms with E-state index in [1.165, 1.54) is 12.3 Å². The number of pyridine rings is 1. The van der Waals surface area contributed by atoms with Crippen molar-refractivity contribution in [3.63, 3.8) is 0 Å². The largest absolute Gasteiger partial charge is 0.514 e. The number of carbonyl (C=O) groups is 1. The molecule has 2 N–H and O–H groups in total. The van der Waals surface area contributed by atoms with Crippen LogP contribution in [0.15, 0.2) is 29.7 Å². The molecule has 7 nitrogen and oxygen atoms in total. The summed E-state index contributed by atoms with van der Waals surface area (Å²) in [5.74, 6) is -2.00. The van der Waals surface area contributed by atoms with Gasteiger partial charge in [0.1, 0.15) is 18.1 Å². The van der Waals surface area contributed by atoms with Gasteiger partial charge in [0.05, 0.1) is 17.1 Å². The average Bonchev–Trinajstić information content (AvgIpc) is 3.44. The van der Waals surface area contributed by atoms with Gasteiger partial charge in [0.2, 0.25) is 5.43 Å². The van der Waals surface area contributed by atoms with E-state index in [9.17, 15) is 14.0 Å². The van der Waals surface area contributed by atoms with Crippen molar-refractivity contribution in [2.45, 2.75) is 31.3 Å². The van der Waals surface area contributed by atoms with Crippen molar-refractivity contribution in [3.8, 4) is 5.75 Å². The monoisotopic (exact) mass is 405 g/mol. The Hall–Kier alpha value is -2.94. The van der Waals surface area contributed by atoms with E-state index in [0.29, 0.717) is 19.5 Å². The van der Waals surface area contributed by atoms with Crippen LogP contribution in [-0.4, -0.2) is 36.5 Å². The molecule has 1 saturated carbocycles. The molecule has 1 unspecified atom stereocenters. The predicted molar refractivity (Wildman–Crippen MR) is 103 cm³/mol. The minimum Gasteiger partial charge on any atom is -0.430 e. The van der Waals surface area contributed by atoms with Crippen LogP contribution in [0.3, 0.4) is 0 Å². The van der Waals surface area contributed by atoms with Gasteiger partial charge in [-0.15, -0.1) is 0 Å². The number of benzene rings is 1. The minimum atomic E-state index is -1.09. The molecule has 0 spiro atoms. The third kappa shape index (κ3) is 3.57. The highest BCUT2D eigenvalue weighted by Gasteiger charge is 2.32. The van der Waals surface area contributed by atoms with E-state index in [1.807, 2.05) is 0 Å². The Morgan fingerprint density at radius 2 is 2.10 bits per heavy atom. The molecule has 9 heteroatoms. The van der Waals surface area contributed by atoms with Crippen LogP contribution in [0.4, 0.5) is 19.3 Å². The Morgan fingerprint density at radius 3 is 2.72 bits per heavy atom. The molecule has 1 aromatic heterocycles. The number of fused-ring (bicyclic) bond motifs is 1. The molecular weight excluding hydrogens is 384 g/mol. The van der Waals surface area contributed by atoms with Gasteiger partial charge in [-0.25, -0.2) is 13.6 Å². The summed E-state index contributed by atoms with van der Waals surface area (Å²) in [6, 6.07) is 0.784. The Labute approximate surface area is 165 Å². The van der Waals surface area contributed by atoms with Crippen LogP contribution in [0.5, 0.6) is 5.75 Å². The fourth-order valence-corrected chi connectivity index (χ4v) is 3.65. The van der Waals surface area contributed by atoms with Gasteiger partial charge in [0.25, 0.3) is 0 Å². The minimum absolute atomic E-state index is 0.00109. The molecule has 1 atom stereocenters. The number of ether oxygens (including phenoxy) is 2. The Kier molecular flexibility index (Phi) is 4.99. The Bertz CT molecular complexity index is 1050. The van der Waals surface area contributed by atoms with E-state index < -0.39 is 23.2 Å². The smallest absolute Gasteiger partial charge is 0.430 e. The molecule has 2 fully saturated rings. The van der Waals surface area contributed by atoms with Crippen molar-refractivity contribution in [1.29, 1.82) is 0 Å². The number of halogens is 2. The summed E-state index contributed by atoms with van der Waals surface area (Å²) in [5.41, 5.74) is 4.92. The number of nitrogens with two attached hydrogens (primary N) is 1. The molecule has 0 bridgehead atoms. The standard InChI is InChI=1S/C20H21F2N3O4/c1-2-7-28-20(27)29-15-10-25(12-3-4-12)17-13(19(15)26)8-14(21)18(16(17)22)24-6-5-11(23)9-24/h2,8,10-12H,1,3-7,9,23H2. The van der Waals surface area contributed by atoms with Crippen molar-refractivity contribution in [1.82, 2.24) is 4.57 Å². The van der Waals surface area contributed by atoms with Crippen LogP contribution in [0.2, 0.25) is 0 Å². The van der Waals surface area contributed by atoms with Gasteiger partial charge in [0.15, 0.2) is 11.6 Å². The summed E-state index contributed by atoms with van der Waals surface area (Å²) < 4.78 is 41.6. The molecule has 1 aromatic carbocycles. The van der Waals surface area contributed by atoms with E-state index in [0.717, 1.165) is 18.9 Å². The zero-order chi connectivity index (χ0) is 20.7. The van der Waals surface area contributed by atoms with Crippen LogP contribution in [0, 0.1) is 11.6 Å². The predicted octanol–water partition coefficient (Wildman–Crippen LogP) is 2.85. The van der Waals surface area contributed by atoms with Gasteiger partial charge in [0, 0.05) is 25.2 Å². The second-order valence-electron chi connectivity index (χ2n) is 7.32. The summed E-state index contributed by atoms with van der Waals surface area (Å²) in [4.78, 5) is 26.1. The van der Waals surface area contributed by atoms with E-state index >= 15 is 4.39 Å². The topological polar surface area (TPSA) is 86.8 Å². The molecule has 154 valence electrons. The number of nitrogens with zero attached hydrogens (tertiary/aromatic N) is 2. The van der Waals surface area contributed by atoms with Crippen molar-refractivity contribution in [2.24, 2.45) is 5.73 Å². The van der Waals surface area contributed by atoms with Gasteiger partial charge in [-0.3, -0.25) is 4.79 Å². The van der Waals surface area contributed by atoms with Crippen LogP contribution in [0.25, 0.3) is 10.9 Å². The Balaban J connectivity index is 1.85. The van der Waals surface area contributed by atoms with Crippen molar-refractivity contribution >= 4 is 22.7 Å². The molecular formula is C20H21F2N3O4. The molecule has 0 amide bonds. The molecule has 2 aromatic rings. The fourth-order valence-electron chi connectivity index (χ4n) is 3.65. The molecule has 2 heterocycles. The summed E-state index contributed by atoms with van der Waals surface area (Å²) in [6.07, 6.45) is 3.73. The molecule has 2 aliphatic rings. The second-order valence-corrected chi connectivity index (χ2v) is 7.32. The van der Waals surface area contributed by atoms with Crippen molar-refractivity contribution in [3.05, 3.63) is 46.8 Å². The highest BCUT2D eigenvalue weighted by atomic mass is 19.1. The average molecular weight is 405 g/mol. The normalized spacial score (nSPS) is 18.9. The number of hydrogen-bond acceptors (Lipinski definition) is 6. The van der Waals surface area contributed by atoms with Crippen LogP contribution in [-0.2, 0) is 4.74 Å². The van der Waals surface area contributed by atoms with Crippen LogP contribution < -0.4 is 20.8 Å². The molecule has 1 saturated heterocycles. The van der Waals surface area contributed by atoms with Gasteiger partial charge in [-0.05, 0) is 25.3 Å². The number of anilines is 1. The van der Waals surface area contributed by atoms with E-state index in [-0.39, 0.29) is 41.0 Å². The summed E-state index contributed by atoms with van der Waals surface area (Å²) in [7, 11) is 0. The summed E-state index contributed by atoms with van der Waals surface area (Å²) >= 11 is 0. The summed E-state index contributed by atoms with van der Waals surface area (Å²) in [5, 5.41) is -0.187. The van der Waals surface area contributed by atoms with Crippen molar-refractivity contribution < 1.29 is 23.0 Å². The second kappa shape index (κ2) is 7.47. The summed E-state index contributed by atoms with van der Waals surface area (Å²) in [6.45, 7) is 4.10. The lowest BCUT2D eigenvalue weighted by Crippen LogP contribution is -2.28. The van der Waals surface area contributed by atoms with Crippen LogP contribution >= 0.6 is 0 Å². The number of carbonyl (C=O) groups excluding carboxylic acids is 1. The lowest BCUT2D eigenvalue weighted by Gasteiger charge is -2.22. The maximum absolute atomic E-state index is 15.5. The molecule has 0 radical (unpaired) electrons. The zero-order valence-electron chi connectivity index (χ0n) is 15.7. The van der Waals surface area contributed by atoms with Gasteiger partial charge >= 0.3 is 6.16 Å². The fraction of sp³-hybridized carbons (Fsp3) is 0.400. The third-order valence-corrected chi connectivity index (χ3v) is 5.14. The van der Waals surface area contributed by atoms with Crippen molar-refractivity contribution in [2.75, 3.05) is 24.6 Å². The maximum Gasteiger partial charge on any atom is 0.514 e. The van der Waals surface area contributed by atoms with E-state index in [2.05, 4.69) is 6.58 Å².